The molecule has 1 aromatic carbocycles. The largest absolute Gasteiger partial charge is 0.478 e. The normalized spacial score (nSPS) is 10.2. The van der Waals surface area contributed by atoms with Crippen molar-refractivity contribution in [2.75, 3.05) is 11.1 Å². The van der Waals surface area contributed by atoms with Gasteiger partial charge in [0.25, 0.3) is 0 Å². The number of nitrogens with zero attached hydrogens (tertiary/aromatic N) is 1. The van der Waals surface area contributed by atoms with Crippen LogP contribution < -0.4 is 11.1 Å². The highest BCUT2D eigenvalue weighted by atomic mass is 35.5. The summed E-state index contributed by atoms with van der Waals surface area (Å²) in [6, 6.07) is 5.04. The maximum absolute atomic E-state index is 12.9. The predicted molar refractivity (Wildman–Crippen MR) is 70.3 cm³/mol. The van der Waals surface area contributed by atoms with Crippen molar-refractivity contribution >= 4 is 34.8 Å². The Balaban J connectivity index is 2.38. The van der Waals surface area contributed by atoms with Gasteiger partial charge in [0.15, 0.2) is 5.82 Å². The van der Waals surface area contributed by atoms with Gasteiger partial charge in [0.05, 0.1) is 22.0 Å². The molecule has 1 heterocycles. The second-order valence-electron chi connectivity index (χ2n) is 3.68. The SMILES string of the molecule is Nc1c(C(=O)O)ccnc1Nc1ccc(F)cc1Cl. The molecule has 0 fully saturated rings. The smallest absolute Gasteiger partial charge is 0.337 e. The van der Waals surface area contributed by atoms with E-state index in [0.29, 0.717) is 5.69 Å². The lowest BCUT2D eigenvalue weighted by Crippen LogP contribution is -2.07. The number of nitrogens with two attached hydrogens (primary N) is 1. The maximum atomic E-state index is 12.9. The predicted octanol–water partition coefficient (Wildman–Crippen LogP) is 2.90. The van der Waals surface area contributed by atoms with Crippen LogP contribution in [0.1, 0.15) is 10.4 Å². The molecule has 0 radical (unpaired) electrons. The van der Waals surface area contributed by atoms with Gasteiger partial charge in [-0.3, -0.25) is 0 Å². The molecular weight excluding hydrogens is 273 g/mol. The molecular formula is C12H9ClFN3O2. The zero-order valence-electron chi connectivity index (χ0n) is 9.52. The van der Waals surface area contributed by atoms with E-state index in [2.05, 4.69) is 10.3 Å². The van der Waals surface area contributed by atoms with Crippen LogP contribution in [0.3, 0.4) is 0 Å². The molecule has 0 spiro atoms. The first-order valence-corrected chi connectivity index (χ1v) is 5.56. The number of hydrogen-bond acceptors (Lipinski definition) is 4. The Morgan fingerprint density at radius 1 is 1.42 bits per heavy atom. The molecule has 0 atom stereocenters. The highest BCUT2D eigenvalue weighted by Crippen LogP contribution is 2.28. The summed E-state index contributed by atoms with van der Waals surface area (Å²) in [7, 11) is 0. The molecule has 98 valence electrons. The summed E-state index contributed by atoms with van der Waals surface area (Å²) in [5.41, 5.74) is 5.98. The number of anilines is 3. The number of nitrogens with one attached hydrogen (secondary N) is 1. The number of aromatic carboxylic acids is 1. The summed E-state index contributed by atoms with van der Waals surface area (Å²) < 4.78 is 12.9. The van der Waals surface area contributed by atoms with Crippen LogP contribution in [0.15, 0.2) is 30.5 Å². The van der Waals surface area contributed by atoms with Crippen molar-refractivity contribution in [1.82, 2.24) is 4.98 Å². The molecule has 5 nitrogen and oxygen atoms in total. The third-order valence-corrected chi connectivity index (χ3v) is 2.72. The van der Waals surface area contributed by atoms with Crippen molar-refractivity contribution in [3.8, 4) is 0 Å². The fourth-order valence-corrected chi connectivity index (χ4v) is 1.69. The molecule has 1 aromatic heterocycles. The van der Waals surface area contributed by atoms with Gasteiger partial charge < -0.3 is 16.2 Å². The van der Waals surface area contributed by atoms with E-state index >= 15 is 0 Å². The number of rotatable bonds is 3. The number of aromatic nitrogens is 1. The number of pyridine rings is 1. The minimum Gasteiger partial charge on any atom is -0.478 e. The van der Waals surface area contributed by atoms with E-state index in [4.69, 9.17) is 22.4 Å². The number of nitrogen functional groups attached to an aromatic ring is 1. The van der Waals surface area contributed by atoms with Crippen molar-refractivity contribution in [2.24, 2.45) is 0 Å². The summed E-state index contributed by atoms with van der Waals surface area (Å²) in [4.78, 5) is 14.9. The topological polar surface area (TPSA) is 88.2 Å². The summed E-state index contributed by atoms with van der Waals surface area (Å²) in [5, 5.41) is 11.8. The maximum Gasteiger partial charge on any atom is 0.337 e. The first kappa shape index (κ1) is 13.1. The van der Waals surface area contributed by atoms with Crippen molar-refractivity contribution < 1.29 is 14.3 Å². The Bertz CT molecular complexity index is 649. The standard InChI is InChI=1S/C12H9ClFN3O2/c13-8-5-6(14)1-2-9(8)17-11-10(15)7(12(18)19)3-4-16-11/h1-5H,15H2,(H,16,17)(H,18,19). The van der Waals surface area contributed by atoms with E-state index in [0.717, 1.165) is 6.07 Å². The minimum absolute atomic E-state index is 0.0182. The van der Waals surface area contributed by atoms with E-state index in [1.807, 2.05) is 0 Å². The Morgan fingerprint density at radius 2 is 2.16 bits per heavy atom. The number of benzene rings is 1. The van der Waals surface area contributed by atoms with E-state index in [-0.39, 0.29) is 22.1 Å². The summed E-state index contributed by atoms with van der Waals surface area (Å²) in [6.45, 7) is 0. The number of carboxylic acids is 1. The number of carboxylic acid groups (broad SMARTS) is 1. The molecule has 0 bridgehead atoms. The van der Waals surface area contributed by atoms with Gasteiger partial charge in [0.1, 0.15) is 5.82 Å². The van der Waals surface area contributed by atoms with Gasteiger partial charge in [-0.05, 0) is 24.3 Å². The number of hydrogen-bond donors (Lipinski definition) is 3. The Labute approximate surface area is 112 Å². The monoisotopic (exact) mass is 281 g/mol. The molecule has 0 saturated carbocycles. The first-order valence-electron chi connectivity index (χ1n) is 5.19. The van der Waals surface area contributed by atoms with Crippen LogP contribution in [-0.4, -0.2) is 16.1 Å². The van der Waals surface area contributed by atoms with Crippen molar-refractivity contribution in [3.63, 3.8) is 0 Å². The van der Waals surface area contributed by atoms with E-state index in [9.17, 15) is 9.18 Å². The van der Waals surface area contributed by atoms with Crippen LogP contribution in [0.4, 0.5) is 21.6 Å². The molecule has 0 aliphatic heterocycles. The van der Waals surface area contributed by atoms with Crippen molar-refractivity contribution in [1.29, 1.82) is 0 Å². The zero-order valence-corrected chi connectivity index (χ0v) is 10.3. The van der Waals surface area contributed by atoms with Gasteiger partial charge in [-0.15, -0.1) is 0 Å². The fourth-order valence-electron chi connectivity index (χ4n) is 1.48. The number of halogens is 2. The van der Waals surface area contributed by atoms with Gasteiger partial charge in [-0.1, -0.05) is 11.6 Å². The molecule has 2 aromatic rings. The molecule has 2 rings (SSSR count). The van der Waals surface area contributed by atoms with Gasteiger partial charge in [-0.2, -0.15) is 0 Å². The molecule has 0 aliphatic carbocycles. The van der Waals surface area contributed by atoms with Crippen LogP contribution in [0, 0.1) is 5.82 Å². The molecule has 0 aliphatic rings. The third-order valence-electron chi connectivity index (χ3n) is 2.40. The summed E-state index contributed by atoms with van der Waals surface area (Å²) in [5.74, 6) is -1.49. The first-order chi connectivity index (χ1) is 8.99. The average Bonchev–Trinajstić information content (AvgIpc) is 2.34. The average molecular weight is 282 g/mol. The fraction of sp³-hybridized carbons (Fsp3) is 0. The second kappa shape index (κ2) is 5.11. The van der Waals surface area contributed by atoms with E-state index < -0.39 is 11.8 Å². The van der Waals surface area contributed by atoms with Crippen molar-refractivity contribution in [2.45, 2.75) is 0 Å². The van der Waals surface area contributed by atoms with Crippen LogP contribution >= 0.6 is 11.6 Å². The van der Waals surface area contributed by atoms with Crippen LogP contribution in [-0.2, 0) is 0 Å². The summed E-state index contributed by atoms with van der Waals surface area (Å²) in [6.07, 6.45) is 1.31. The second-order valence-corrected chi connectivity index (χ2v) is 4.08. The summed E-state index contributed by atoms with van der Waals surface area (Å²) >= 11 is 5.85. The molecule has 19 heavy (non-hydrogen) atoms. The van der Waals surface area contributed by atoms with Crippen LogP contribution in [0.2, 0.25) is 5.02 Å². The van der Waals surface area contributed by atoms with E-state index in [1.165, 1.54) is 24.4 Å². The van der Waals surface area contributed by atoms with Crippen LogP contribution in [0.5, 0.6) is 0 Å². The molecule has 0 amide bonds. The quantitative estimate of drug-likeness (QED) is 0.805. The minimum atomic E-state index is -1.16. The lowest BCUT2D eigenvalue weighted by Gasteiger charge is -2.11. The molecule has 4 N–H and O–H groups in total. The Kier molecular flexibility index (Phi) is 3.52. The highest BCUT2D eigenvalue weighted by molar-refractivity contribution is 6.33. The number of carbonyl (C=O) groups is 1. The van der Waals surface area contributed by atoms with Crippen LogP contribution in [0.25, 0.3) is 0 Å². The van der Waals surface area contributed by atoms with Gasteiger partial charge in [0, 0.05) is 6.20 Å². The van der Waals surface area contributed by atoms with Gasteiger partial charge in [0.2, 0.25) is 0 Å². The van der Waals surface area contributed by atoms with E-state index in [1.54, 1.807) is 0 Å². The van der Waals surface area contributed by atoms with Crippen molar-refractivity contribution in [3.05, 3.63) is 46.9 Å². The lowest BCUT2D eigenvalue weighted by atomic mass is 10.2. The third kappa shape index (κ3) is 2.74. The lowest BCUT2D eigenvalue weighted by molar-refractivity contribution is 0.0698. The Morgan fingerprint density at radius 3 is 2.79 bits per heavy atom. The van der Waals surface area contributed by atoms with Gasteiger partial charge in [-0.25, -0.2) is 14.2 Å². The molecule has 0 unspecified atom stereocenters. The molecule has 0 saturated heterocycles. The molecule has 7 heteroatoms. The van der Waals surface area contributed by atoms with Gasteiger partial charge >= 0.3 is 5.97 Å². The highest BCUT2D eigenvalue weighted by Gasteiger charge is 2.13. The Hall–Kier alpha value is -2.34. The zero-order chi connectivity index (χ0) is 14.0.